The molecule has 1 fully saturated rings. The summed E-state index contributed by atoms with van der Waals surface area (Å²) in [4.78, 5) is 10.0. The van der Waals surface area contributed by atoms with Crippen molar-refractivity contribution in [3.8, 4) is 29.0 Å². The summed E-state index contributed by atoms with van der Waals surface area (Å²) in [5.41, 5.74) is 2.21. The van der Waals surface area contributed by atoms with Crippen molar-refractivity contribution >= 4 is 11.6 Å². The predicted molar refractivity (Wildman–Crippen MR) is 143 cm³/mol. The molecule has 1 atom stereocenters. The van der Waals surface area contributed by atoms with Crippen LogP contribution in [-0.2, 0) is 18.5 Å². The van der Waals surface area contributed by atoms with E-state index in [9.17, 15) is 22.8 Å². The van der Waals surface area contributed by atoms with E-state index in [0.717, 1.165) is 18.4 Å². The summed E-state index contributed by atoms with van der Waals surface area (Å²) in [6, 6.07) is 13.6. The Morgan fingerprint density at radius 3 is 2.64 bits per heavy atom. The van der Waals surface area contributed by atoms with Gasteiger partial charge < -0.3 is 9.47 Å². The van der Waals surface area contributed by atoms with Gasteiger partial charge in [0.2, 0.25) is 5.82 Å². The second-order valence-electron chi connectivity index (χ2n) is 10.3. The number of benzene rings is 2. The van der Waals surface area contributed by atoms with E-state index in [1.54, 1.807) is 25.1 Å². The molecule has 2 aliphatic rings. The maximum atomic E-state index is 14.7. The minimum Gasteiger partial charge on any atom is -0.444 e. The zero-order chi connectivity index (χ0) is 29.6. The molecule has 0 bridgehead atoms. The molecule has 1 N–H and O–H groups in total. The number of piperidine rings is 1. The van der Waals surface area contributed by atoms with E-state index < -0.39 is 23.6 Å². The van der Waals surface area contributed by atoms with E-state index in [1.165, 1.54) is 18.3 Å². The van der Waals surface area contributed by atoms with Gasteiger partial charge in [-0.25, -0.2) is 9.37 Å². The third kappa shape index (κ3) is 5.26. The Morgan fingerprint density at radius 2 is 1.95 bits per heavy atom. The van der Waals surface area contributed by atoms with Crippen molar-refractivity contribution in [2.75, 3.05) is 13.1 Å². The standard InChI is InChI=1S/C29H23ClF4N6O2/c1-28(21-6-5-19(30)12-22(21)31)41-24-4-2-3-20(25(24)42-28)16-7-9-40(10-8-16)15-23-17(13-35)11-18(14-36-23)26-37-27(39-38-26)29(32,33)34/h2-6,11-12,14,16H,7-10,15H2,1H3,(H,37,38,39)/t28-/m1/s1. The van der Waals surface area contributed by atoms with Crippen molar-refractivity contribution in [3.63, 3.8) is 0 Å². The summed E-state index contributed by atoms with van der Waals surface area (Å²) in [7, 11) is 0. The lowest BCUT2D eigenvalue weighted by Crippen LogP contribution is -2.34. The third-order valence-electron chi connectivity index (χ3n) is 7.53. The highest BCUT2D eigenvalue weighted by Crippen LogP contribution is 2.49. The third-order valence-corrected chi connectivity index (χ3v) is 7.77. The maximum absolute atomic E-state index is 14.7. The summed E-state index contributed by atoms with van der Waals surface area (Å²) >= 11 is 5.93. The van der Waals surface area contributed by atoms with Crippen LogP contribution < -0.4 is 9.47 Å². The molecule has 0 spiro atoms. The van der Waals surface area contributed by atoms with E-state index in [4.69, 9.17) is 21.1 Å². The second kappa shape index (κ2) is 10.6. The van der Waals surface area contributed by atoms with Crippen molar-refractivity contribution < 1.29 is 27.0 Å². The number of H-pyrrole nitrogens is 1. The SMILES string of the molecule is C[C@@]1(c2ccc(Cl)cc2F)Oc2cccc(C3CCN(Cc4ncc(-c5n[nH]c(C(F)(F)F)n5)cc4C#N)CC3)c2O1. The number of nitrogens with one attached hydrogen (secondary N) is 1. The number of pyridine rings is 1. The van der Waals surface area contributed by atoms with Gasteiger partial charge in [-0.05, 0) is 62.2 Å². The van der Waals surface area contributed by atoms with Gasteiger partial charge in [-0.1, -0.05) is 23.7 Å². The second-order valence-corrected chi connectivity index (χ2v) is 10.8. The average Bonchev–Trinajstić information content (AvgIpc) is 3.59. The number of aromatic amines is 1. The van der Waals surface area contributed by atoms with Crippen LogP contribution in [0, 0.1) is 17.1 Å². The van der Waals surface area contributed by atoms with Gasteiger partial charge in [0.05, 0.1) is 16.8 Å². The summed E-state index contributed by atoms with van der Waals surface area (Å²) in [6.07, 6.45) is -1.69. The largest absolute Gasteiger partial charge is 0.451 e. The van der Waals surface area contributed by atoms with Crippen molar-refractivity contribution in [1.82, 2.24) is 25.1 Å². The number of rotatable bonds is 5. The lowest BCUT2D eigenvalue weighted by Gasteiger charge is -2.32. The number of hydrogen-bond donors (Lipinski definition) is 1. The smallest absolute Gasteiger partial charge is 0.444 e. The Balaban J connectivity index is 1.13. The number of nitrogens with zero attached hydrogens (tertiary/aromatic N) is 5. The molecule has 6 rings (SSSR count). The Morgan fingerprint density at radius 1 is 1.17 bits per heavy atom. The number of fused-ring (bicyclic) bond motifs is 1. The Kier molecular flexibility index (Phi) is 7.03. The molecule has 2 aliphatic heterocycles. The quantitative estimate of drug-likeness (QED) is 0.259. The summed E-state index contributed by atoms with van der Waals surface area (Å²) in [5.74, 6) is -1.95. The zero-order valence-electron chi connectivity index (χ0n) is 22.2. The molecule has 13 heteroatoms. The molecule has 2 aromatic heterocycles. The van der Waals surface area contributed by atoms with Gasteiger partial charge in [-0.2, -0.15) is 23.5 Å². The number of para-hydroxylation sites is 1. The molecule has 0 unspecified atom stereocenters. The fourth-order valence-electron chi connectivity index (χ4n) is 5.41. The number of ether oxygens (including phenoxy) is 2. The van der Waals surface area contributed by atoms with Crippen LogP contribution in [0.25, 0.3) is 11.4 Å². The van der Waals surface area contributed by atoms with Crippen molar-refractivity contribution in [2.45, 2.75) is 44.2 Å². The first-order valence-corrected chi connectivity index (χ1v) is 13.5. The molecule has 1 saturated heterocycles. The van der Waals surface area contributed by atoms with Crippen molar-refractivity contribution in [1.29, 1.82) is 5.26 Å². The van der Waals surface area contributed by atoms with Crippen LogP contribution in [-0.4, -0.2) is 38.2 Å². The first-order chi connectivity index (χ1) is 20.0. The summed E-state index contributed by atoms with van der Waals surface area (Å²) < 4.78 is 65.7. The van der Waals surface area contributed by atoms with Gasteiger partial charge in [0.25, 0.3) is 5.79 Å². The van der Waals surface area contributed by atoms with Crippen LogP contribution in [0.3, 0.4) is 0 Å². The molecule has 0 amide bonds. The average molecular weight is 599 g/mol. The van der Waals surface area contributed by atoms with Crippen LogP contribution in [0.1, 0.15) is 53.9 Å². The minimum atomic E-state index is -4.66. The van der Waals surface area contributed by atoms with E-state index >= 15 is 0 Å². The van der Waals surface area contributed by atoms with E-state index in [-0.39, 0.29) is 33.5 Å². The molecule has 2 aromatic carbocycles. The fraction of sp³-hybridized carbons (Fsp3) is 0.310. The highest BCUT2D eigenvalue weighted by Gasteiger charge is 2.43. The Bertz CT molecular complexity index is 1700. The number of aromatic nitrogens is 4. The maximum Gasteiger partial charge on any atom is 0.451 e. The van der Waals surface area contributed by atoms with Gasteiger partial charge in [0.1, 0.15) is 11.9 Å². The number of hydrogen-bond acceptors (Lipinski definition) is 7. The lowest BCUT2D eigenvalue weighted by molar-refractivity contribution is -0.144. The van der Waals surface area contributed by atoms with E-state index in [2.05, 4.69) is 26.0 Å². The molecule has 216 valence electrons. The van der Waals surface area contributed by atoms with Gasteiger partial charge in [0, 0.05) is 35.8 Å². The normalized spacial score (nSPS) is 19.2. The summed E-state index contributed by atoms with van der Waals surface area (Å²) in [5, 5.41) is 15.5. The molecule has 0 radical (unpaired) electrons. The van der Waals surface area contributed by atoms with Crippen molar-refractivity contribution in [2.24, 2.45) is 0 Å². The summed E-state index contributed by atoms with van der Waals surface area (Å²) in [6.45, 7) is 3.50. The highest BCUT2D eigenvalue weighted by atomic mass is 35.5. The molecule has 0 aliphatic carbocycles. The molecule has 42 heavy (non-hydrogen) atoms. The Labute approximate surface area is 242 Å². The molecular formula is C29H23ClF4N6O2. The molecule has 0 saturated carbocycles. The van der Waals surface area contributed by atoms with Crippen LogP contribution in [0.15, 0.2) is 48.7 Å². The molecule has 4 heterocycles. The van der Waals surface area contributed by atoms with Crippen LogP contribution in [0.5, 0.6) is 11.5 Å². The highest BCUT2D eigenvalue weighted by molar-refractivity contribution is 6.30. The predicted octanol–water partition coefficient (Wildman–Crippen LogP) is 6.57. The Hall–Kier alpha value is -4.21. The lowest BCUT2D eigenvalue weighted by atomic mass is 9.88. The first kappa shape index (κ1) is 27.9. The van der Waals surface area contributed by atoms with Gasteiger partial charge in [-0.15, -0.1) is 0 Å². The monoisotopic (exact) mass is 598 g/mol. The number of likely N-dealkylation sites (tertiary alicyclic amines) is 1. The molecule has 4 aromatic rings. The number of nitriles is 1. The van der Waals surface area contributed by atoms with Crippen LogP contribution in [0.4, 0.5) is 17.6 Å². The molecule has 8 nitrogen and oxygen atoms in total. The minimum absolute atomic E-state index is 0.163. The van der Waals surface area contributed by atoms with E-state index in [0.29, 0.717) is 36.8 Å². The van der Waals surface area contributed by atoms with Crippen molar-refractivity contribution in [3.05, 3.63) is 87.7 Å². The van der Waals surface area contributed by atoms with Gasteiger partial charge in [0.15, 0.2) is 17.3 Å². The van der Waals surface area contributed by atoms with Crippen LogP contribution >= 0.6 is 11.6 Å². The fourth-order valence-corrected chi connectivity index (χ4v) is 5.57. The number of alkyl halides is 3. The van der Waals surface area contributed by atoms with Gasteiger partial charge in [-0.3, -0.25) is 15.0 Å². The van der Waals surface area contributed by atoms with Crippen LogP contribution in [0.2, 0.25) is 5.02 Å². The topological polar surface area (TPSA) is 100.0 Å². The number of halogens is 5. The molecular weight excluding hydrogens is 576 g/mol. The first-order valence-electron chi connectivity index (χ1n) is 13.1. The van der Waals surface area contributed by atoms with Gasteiger partial charge >= 0.3 is 6.18 Å². The zero-order valence-corrected chi connectivity index (χ0v) is 22.9. The van der Waals surface area contributed by atoms with E-state index in [1.807, 2.05) is 17.2 Å².